The van der Waals surface area contributed by atoms with Gasteiger partial charge >= 0.3 is 5.97 Å². The van der Waals surface area contributed by atoms with Gasteiger partial charge in [0.25, 0.3) is 10.0 Å². The first-order valence-electron chi connectivity index (χ1n) is 6.80. The molecule has 0 aliphatic heterocycles. The number of thiophene rings is 1. The topological polar surface area (TPSA) is 65.4 Å². The second kappa shape index (κ2) is 6.54. The third-order valence-corrected chi connectivity index (χ3v) is 7.13. The van der Waals surface area contributed by atoms with Crippen LogP contribution in [-0.2, 0) is 19.6 Å². The number of nitrogens with zero attached hydrogens (tertiary/aromatic N) is 1. The van der Waals surface area contributed by atoms with Crippen LogP contribution in [0.15, 0.2) is 56.7 Å². The molecular weight excluding hydrogens is 414 g/mol. The van der Waals surface area contributed by atoms with E-state index in [1.165, 1.54) is 23.4 Å². The number of rotatable bonds is 4. The quantitative estimate of drug-likeness (QED) is 0.469. The van der Waals surface area contributed by atoms with Gasteiger partial charge in [-0.2, -0.15) is 8.42 Å². The smallest absolute Gasteiger partial charge is 0.330 e. The summed E-state index contributed by atoms with van der Waals surface area (Å²) in [5.41, 5.74) is 1.36. The van der Waals surface area contributed by atoms with Crippen molar-refractivity contribution in [3.05, 3.63) is 58.0 Å². The SMILES string of the molecule is COC(=O)C=Cc1ccc2c(ccn2S(=O)(=O)c2ccc(Br)s2)c1. The summed E-state index contributed by atoms with van der Waals surface area (Å²) in [6.07, 6.45) is 4.47. The van der Waals surface area contributed by atoms with Gasteiger partial charge < -0.3 is 4.74 Å². The molecule has 2 heterocycles. The molecule has 24 heavy (non-hydrogen) atoms. The van der Waals surface area contributed by atoms with Crippen LogP contribution in [0.3, 0.4) is 0 Å². The van der Waals surface area contributed by atoms with Gasteiger partial charge in [-0.1, -0.05) is 6.07 Å². The van der Waals surface area contributed by atoms with Crippen molar-refractivity contribution in [2.45, 2.75) is 4.21 Å². The number of carbonyl (C=O) groups is 1. The number of aromatic nitrogens is 1. The molecule has 0 spiro atoms. The predicted molar refractivity (Wildman–Crippen MR) is 97.6 cm³/mol. The van der Waals surface area contributed by atoms with Gasteiger partial charge in [-0.15, -0.1) is 11.3 Å². The fourth-order valence-corrected chi connectivity index (χ4v) is 5.67. The van der Waals surface area contributed by atoms with Crippen molar-refractivity contribution in [3.63, 3.8) is 0 Å². The van der Waals surface area contributed by atoms with Crippen LogP contribution in [0.4, 0.5) is 0 Å². The molecule has 0 fully saturated rings. The molecule has 0 amide bonds. The number of methoxy groups -OCH3 is 1. The maximum Gasteiger partial charge on any atom is 0.330 e. The van der Waals surface area contributed by atoms with Gasteiger partial charge in [-0.25, -0.2) is 8.77 Å². The molecule has 0 bridgehead atoms. The van der Waals surface area contributed by atoms with Gasteiger partial charge in [0.05, 0.1) is 16.4 Å². The molecule has 3 rings (SSSR count). The van der Waals surface area contributed by atoms with Crippen molar-refractivity contribution in [2.24, 2.45) is 0 Å². The number of carbonyl (C=O) groups excluding carboxylic acids is 1. The highest BCUT2D eigenvalue weighted by Crippen LogP contribution is 2.30. The number of esters is 1. The standard InChI is InChI=1S/C16H12BrNO4S2/c1-22-15(19)6-3-11-2-4-13-12(10-11)8-9-18(13)24(20,21)16-7-5-14(17)23-16/h2-10H,1H3. The lowest BCUT2D eigenvalue weighted by Crippen LogP contribution is -2.10. The Morgan fingerprint density at radius 2 is 2.04 bits per heavy atom. The van der Waals surface area contributed by atoms with Gasteiger partial charge in [-0.3, -0.25) is 0 Å². The lowest BCUT2D eigenvalue weighted by atomic mass is 10.1. The van der Waals surface area contributed by atoms with Crippen LogP contribution in [0.25, 0.3) is 17.0 Å². The molecule has 0 saturated heterocycles. The zero-order valence-electron chi connectivity index (χ0n) is 12.5. The Kier molecular flexibility index (Phi) is 4.62. The van der Waals surface area contributed by atoms with Crippen molar-refractivity contribution in [2.75, 3.05) is 7.11 Å². The van der Waals surface area contributed by atoms with E-state index in [4.69, 9.17) is 0 Å². The molecule has 0 aliphatic rings. The molecule has 0 unspecified atom stereocenters. The van der Waals surface area contributed by atoms with Crippen LogP contribution in [0.5, 0.6) is 0 Å². The first-order valence-corrected chi connectivity index (χ1v) is 9.85. The van der Waals surface area contributed by atoms with Crippen molar-refractivity contribution < 1.29 is 17.9 Å². The van der Waals surface area contributed by atoms with Crippen LogP contribution in [0, 0.1) is 0 Å². The van der Waals surface area contributed by atoms with E-state index in [9.17, 15) is 13.2 Å². The molecule has 3 aromatic rings. The second-order valence-electron chi connectivity index (χ2n) is 4.85. The van der Waals surface area contributed by atoms with Crippen molar-refractivity contribution >= 4 is 60.2 Å². The molecule has 0 atom stereocenters. The third-order valence-electron chi connectivity index (χ3n) is 3.35. The summed E-state index contributed by atoms with van der Waals surface area (Å²) in [5, 5.41) is 0.765. The maximum absolute atomic E-state index is 12.7. The largest absolute Gasteiger partial charge is 0.466 e. The summed E-state index contributed by atoms with van der Waals surface area (Å²) in [7, 11) is -2.32. The third kappa shape index (κ3) is 3.17. The first-order chi connectivity index (χ1) is 11.4. The summed E-state index contributed by atoms with van der Waals surface area (Å²) < 4.78 is 32.3. The van der Waals surface area contributed by atoms with E-state index < -0.39 is 16.0 Å². The monoisotopic (exact) mass is 425 g/mol. The maximum atomic E-state index is 12.7. The highest BCUT2D eigenvalue weighted by atomic mass is 79.9. The molecular formula is C16H12BrNO4S2. The van der Waals surface area contributed by atoms with E-state index in [0.29, 0.717) is 5.52 Å². The predicted octanol–water partition coefficient (Wildman–Crippen LogP) is 3.89. The van der Waals surface area contributed by atoms with Gasteiger partial charge in [-0.05, 0) is 57.9 Å². The summed E-state index contributed by atoms with van der Waals surface area (Å²) >= 11 is 4.45. The molecule has 124 valence electrons. The number of benzene rings is 1. The molecule has 5 nitrogen and oxygen atoms in total. The summed E-state index contributed by atoms with van der Waals surface area (Å²) in [6, 6.07) is 10.3. The Bertz CT molecular complexity index is 1050. The Morgan fingerprint density at radius 1 is 1.25 bits per heavy atom. The highest BCUT2D eigenvalue weighted by Gasteiger charge is 2.20. The van der Waals surface area contributed by atoms with E-state index in [1.807, 2.05) is 6.07 Å². The number of hydrogen-bond donors (Lipinski definition) is 0. The minimum atomic E-state index is -3.63. The molecule has 0 aliphatic carbocycles. The van der Waals surface area contributed by atoms with E-state index in [0.717, 1.165) is 26.1 Å². The second-order valence-corrected chi connectivity index (χ2v) is 9.35. The van der Waals surface area contributed by atoms with Crippen molar-refractivity contribution in [1.82, 2.24) is 3.97 Å². The molecule has 8 heteroatoms. The Morgan fingerprint density at radius 3 is 2.71 bits per heavy atom. The normalized spacial score (nSPS) is 12.1. The van der Waals surface area contributed by atoms with Gasteiger partial charge in [0.2, 0.25) is 0 Å². The van der Waals surface area contributed by atoms with Gasteiger partial charge in [0, 0.05) is 17.7 Å². The fraction of sp³-hybridized carbons (Fsp3) is 0.0625. The minimum Gasteiger partial charge on any atom is -0.466 e. The van der Waals surface area contributed by atoms with Crippen LogP contribution in [-0.4, -0.2) is 25.5 Å². The van der Waals surface area contributed by atoms with E-state index in [-0.39, 0.29) is 4.21 Å². The molecule has 0 saturated carbocycles. The minimum absolute atomic E-state index is 0.265. The Balaban J connectivity index is 2.03. The number of ether oxygens (including phenoxy) is 1. The van der Waals surface area contributed by atoms with E-state index in [2.05, 4.69) is 20.7 Å². The summed E-state index contributed by atoms with van der Waals surface area (Å²) in [6.45, 7) is 0. The average molecular weight is 426 g/mol. The summed E-state index contributed by atoms with van der Waals surface area (Å²) in [5.74, 6) is -0.446. The van der Waals surface area contributed by atoms with Crippen LogP contribution >= 0.6 is 27.3 Å². The molecule has 0 radical (unpaired) electrons. The fourth-order valence-electron chi connectivity index (χ4n) is 2.21. The van der Waals surface area contributed by atoms with E-state index in [1.54, 1.807) is 36.4 Å². The van der Waals surface area contributed by atoms with E-state index >= 15 is 0 Å². The van der Waals surface area contributed by atoms with Crippen LogP contribution < -0.4 is 0 Å². The van der Waals surface area contributed by atoms with Gasteiger partial charge in [0.15, 0.2) is 0 Å². The van der Waals surface area contributed by atoms with Crippen molar-refractivity contribution in [1.29, 1.82) is 0 Å². The number of fused-ring (bicyclic) bond motifs is 1. The zero-order valence-corrected chi connectivity index (χ0v) is 15.7. The average Bonchev–Trinajstić information content (AvgIpc) is 3.18. The highest BCUT2D eigenvalue weighted by molar-refractivity contribution is 9.11. The first kappa shape index (κ1) is 16.9. The number of hydrogen-bond acceptors (Lipinski definition) is 5. The van der Waals surface area contributed by atoms with Crippen LogP contribution in [0.2, 0.25) is 0 Å². The Labute approximate surface area is 151 Å². The van der Waals surface area contributed by atoms with Crippen LogP contribution in [0.1, 0.15) is 5.56 Å². The zero-order chi connectivity index (χ0) is 17.3. The lowest BCUT2D eigenvalue weighted by Gasteiger charge is -2.05. The lowest BCUT2D eigenvalue weighted by molar-refractivity contribution is -0.134. The number of halogens is 1. The molecule has 2 aromatic heterocycles. The summed E-state index contributed by atoms with van der Waals surface area (Å²) in [4.78, 5) is 11.1. The van der Waals surface area contributed by atoms with Gasteiger partial charge in [0.1, 0.15) is 4.21 Å². The molecule has 0 N–H and O–H groups in total. The Hall–Kier alpha value is -1.90. The molecule has 1 aromatic carbocycles. The van der Waals surface area contributed by atoms with Crippen molar-refractivity contribution in [3.8, 4) is 0 Å².